The number of nitrogens with zero attached hydrogens (tertiary/aromatic N) is 2. The summed E-state index contributed by atoms with van der Waals surface area (Å²) < 4.78 is 0. The summed E-state index contributed by atoms with van der Waals surface area (Å²) in [5.41, 5.74) is 3.00. The van der Waals surface area contributed by atoms with Crippen LogP contribution in [0, 0.1) is 0 Å². The summed E-state index contributed by atoms with van der Waals surface area (Å²) in [6.45, 7) is 18.0. The Morgan fingerprint density at radius 1 is 0.444 bits per heavy atom. The summed E-state index contributed by atoms with van der Waals surface area (Å²) in [6, 6.07) is 0. The molecule has 0 aliphatic rings. The van der Waals surface area contributed by atoms with Gasteiger partial charge in [0.05, 0.1) is 0 Å². The first-order valence-electron chi connectivity index (χ1n) is 15.6. The van der Waals surface area contributed by atoms with Crippen LogP contribution in [0.5, 0.6) is 0 Å². The van der Waals surface area contributed by atoms with Gasteiger partial charge in [-0.1, -0.05) is 151 Å². The zero-order chi connectivity index (χ0) is 25.0. The van der Waals surface area contributed by atoms with Gasteiger partial charge < -0.3 is 4.90 Å². The SMILES string of the molecule is C.C.C=C=CCN(CCCCCCCCC)CCN(CCCCCCCC)CCCCCCCCC. The van der Waals surface area contributed by atoms with E-state index in [1.165, 1.54) is 161 Å². The molecular weight excluding hydrogens is 436 g/mol. The van der Waals surface area contributed by atoms with Gasteiger partial charge in [-0.15, -0.1) is 5.73 Å². The lowest BCUT2D eigenvalue weighted by Gasteiger charge is -2.27. The number of rotatable bonds is 28. The highest BCUT2D eigenvalue weighted by Gasteiger charge is 2.09. The van der Waals surface area contributed by atoms with Gasteiger partial charge in [0.25, 0.3) is 0 Å². The molecule has 2 nitrogen and oxygen atoms in total. The number of hydrogen-bond donors (Lipinski definition) is 0. The maximum absolute atomic E-state index is 3.80. The second kappa shape index (κ2) is 34.4. The van der Waals surface area contributed by atoms with Crippen molar-refractivity contribution in [1.82, 2.24) is 9.80 Å². The number of hydrogen-bond acceptors (Lipinski definition) is 2. The Balaban J connectivity index is -0.00000544. The van der Waals surface area contributed by atoms with Crippen molar-refractivity contribution in [3.05, 3.63) is 18.4 Å². The van der Waals surface area contributed by atoms with E-state index in [0.717, 1.165) is 6.54 Å². The summed E-state index contributed by atoms with van der Waals surface area (Å²) in [4.78, 5) is 5.42. The average Bonchev–Trinajstić information content (AvgIpc) is 2.85. The molecule has 0 fully saturated rings. The van der Waals surface area contributed by atoms with E-state index in [1.54, 1.807) is 0 Å². The summed E-state index contributed by atoms with van der Waals surface area (Å²) in [7, 11) is 0. The van der Waals surface area contributed by atoms with Crippen molar-refractivity contribution in [2.75, 3.05) is 39.3 Å². The molecule has 0 atom stereocenters. The Hall–Kier alpha value is -0.560. The molecule has 0 radical (unpaired) electrons. The van der Waals surface area contributed by atoms with E-state index in [0.29, 0.717) is 0 Å². The predicted molar refractivity (Wildman–Crippen MR) is 169 cm³/mol. The largest absolute Gasteiger partial charge is 0.302 e. The van der Waals surface area contributed by atoms with Crippen LogP contribution in [0.4, 0.5) is 0 Å². The summed E-state index contributed by atoms with van der Waals surface area (Å²) in [6.07, 6.45) is 30.1. The van der Waals surface area contributed by atoms with Gasteiger partial charge in [-0.25, -0.2) is 0 Å². The van der Waals surface area contributed by atoms with Crippen molar-refractivity contribution in [2.45, 2.75) is 164 Å². The van der Waals surface area contributed by atoms with E-state index in [4.69, 9.17) is 0 Å². The fraction of sp³-hybridized carbons (Fsp3) is 0.912. The van der Waals surface area contributed by atoms with Crippen LogP contribution in [0.15, 0.2) is 18.4 Å². The van der Waals surface area contributed by atoms with Gasteiger partial charge in [0, 0.05) is 19.6 Å². The third kappa shape index (κ3) is 29.7. The third-order valence-electron chi connectivity index (χ3n) is 7.21. The molecule has 218 valence electrons. The van der Waals surface area contributed by atoms with Crippen LogP contribution < -0.4 is 0 Å². The minimum atomic E-state index is 0. The molecule has 2 heteroatoms. The molecular formula is C34H72N2. The Bertz CT molecular complexity index is 427. The number of unbranched alkanes of at least 4 members (excludes halogenated alkanes) is 17. The molecule has 36 heavy (non-hydrogen) atoms. The quantitative estimate of drug-likeness (QED) is 0.0765. The molecule has 0 saturated carbocycles. The van der Waals surface area contributed by atoms with E-state index in [1.807, 2.05) is 0 Å². The fourth-order valence-electron chi connectivity index (χ4n) is 4.81. The minimum Gasteiger partial charge on any atom is -0.302 e. The maximum Gasteiger partial charge on any atom is 0.0238 e. The molecule has 0 aromatic carbocycles. The second-order valence-electron chi connectivity index (χ2n) is 10.6. The molecule has 0 rings (SSSR count). The van der Waals surface area contributed by atoms with Gasteiger partial charge in [0.15, 0.2) is 0 Å². The molecule has 0 N–H and O–H groups in total. The van der Waals surface area contributed by atoms with Crippen molar-refractivity contribution in [1.29, 1.82) is 0 Å². The van der Waals surface area contributed by atoms with Crippen molar-refractivity contribution >= 4 is 0 Å². The van der Waals surface area contributed by atoms with Gasteiger partial charge in [-0.2, -0.15) is 0 Å². The first-order chi connectivity index (χ1) is 16.8. The predicted octanol–water partition coefficient (Wildman–Crippen LogP) is 11.1. The molecule has 0 saturated heterocycles. The molecule has 0 heterocycles. The smallest absolute Gasteiger partial charge is 0.0238 e. The molecule has 0 aromatic heterocycles. The third-order valence-corrected chi connectivity index (χ3v) is 7.21. The van der Waals surface area contributed by atoms with Crippen LogP contribution in [0.25, 0.3) is 0 Å². The normalized spacial score (nSPS) is 10.8. The highest BCUT2D eigenvalue weighted by atomic mass is 15.2. The van der Waals surface area contributed by atoms with Gasteiger partial charge in [0.1, 0.15) is 0 Å². The molecule has 0 unspecified atom stereocenters. The lowest BCUT2D eigenvalue weighted by Crippen LogP contribution is -2.37. The first-order valence-corrected chi connectivity index (χ1v) is 15.6. The van der Waals surface area contributed by atoms with Gasteiger partial charge in [-0.05, 0) is 45.0 Å². The molecule has 0 amide bonds. The lowest BCUT2D eigenvalue weighted by atomic mass is 10.1. The average molecular weight is 509 g/mol. The Labute approximate surface area is 231 Å². The van der Waals surface area contributed by atoms with Crippen LogP contribution in [0.2, 0.25) is 0 Å². The van der Waals surface area contributed by atoms with Crippen LogP contribution in [-0.2, 0) is 0 Å². The van der Waals surface area contributed by atoms with E-state index in [2.05, 4.69) is 49.0 Å². The molecule has 0 spiro atoms. The second-order valence-corrected chi connectivity index (χ2v) is 10.6. The zero-order valence-electron chi connectivity index (χ0n) is 24.1. The highest BCUT2D eigenvalue weighted by Crippen LogP contribution is 2.11. The van der Waals surface area contributed by atoms with Crippen LogP contribution in [0.3, 0.4) is 0 Å². The Morgan fingerprint density at radius 3 is 1.11 bits per heavy atom. The lowest BCUT2D eigenvalue weighted by molar-refractivity contribution is 0.205. The fourth-order valence-corrected chi connectivity index (χ4v) is 4.81. The van der Waals surface area contributed by atoms with Crippen molar-refractivity contribution in [3.63, 3.8) is 0 Å². The summed E-state index contributed by atoms with van der Waals surface area (Å²) >= 11 is 0. The van der Waals surface area contributed by atoms with E-state index in [9.17, 15) is 0 Å². The molecule has 0 aliphatic heterocycles. The highest BCUT2D eigenvalue weighted by molar-refractivity contribution is 4.80. The Morgan fingerprint density at radius 2 is 0.750 bits per heavy atom. The van der Waals surface area contributed by atoms with E-state index < -0.39 is 0 Å². The minimum absolute atomic E-state index is 0. The van der Waals surface area contributed by atoms with Crippen LogP contribution >= 0.6 is 0 Å². The standard InChI is InChI=1S/C32H64N2.2CH4/c1-5-9-13-16-19-22-25-28-33(27-12-8-4)31-32-34(29-24-21-18-15-11-7-3)30-26-23-20-17-14-10-6-2;;/h12H,4-7,9-11,13-32H2,1-3H3;2*1H4. The van der Waals surface area contributed by atoms with Crippen molar-refractivity contribution < 1.29 is 0 Å². The van der Waals surface area contributed by atoms with Crippen LogP contribution in [0.1, 0.15) is 164 Å². The molecule has 0 aromatic rings. The summed E-state index contributed by atoms with van der Waals surface area (Å²) in [5, 5.41) is 0. The maximum atomic E-state index is 3.80. The first kappa shape index (κ1) is 39.9. The zero-order valence-corrected chi connectivity index (χ0v) is 24.1. The van der Waals surface area contributed by atoms with E-state index >= 15 is 0 Å². The van der Waals surface area contributed by atoms with Gasteiger partial charge in [-0.3, -0.25) is 4.90 Å². The van der Waals surface area contributed by atoms with Crippen LogP contribution in [-0.4, -0.2) is 49.1 Å². The van der Waals surface area contributed by atoms with Crippen molar-refractivity contribution in [2.24, 2.45) is 0 Å². The topological polar surface area (TPSA) is 6.48 Å². The van der Waals surface area contributed by atoms with Gasteiger partial charge in [0.2, 0.25) is 0 Å². The Kier molecular flexibility index (Phi) is 38.2. The van der Waals surface area contributed by atoms with Gasteiger partial charge >= 0.3 is 0 Å². The van der Waals surface area contributed by atoms with Crippen molar-refractivity contribution in [3.8, 4) is 0 Å². The monoisotopic (exact) mass is 509 g/mol. The molecule has 0 aliphatic carbocycles. The van der Waals surface area contributed by atoms with E-state index in [-0.39, 0.29) is 14.9 Å². The molecule has 0 bridgehead atoms. The summed E-state index contributed by atoms with van der Waals surface area (Å²) in [5.74, 6) is 0.